The molecule has 1 aliphatic heterocycles. The molecule has 1 aromatic rings. The van der Waals surface area contributed by atoms with E-state index in [0.717, 1.165) is 49.6 Å². The van der Waals surface area contributed by atoms with E-state index in [1.807, 2.05) is 11.3 Å². The Morgan fingerprint density at radius 2 is 2.33 bits per heavy atom. The molecule has 0 spiro atoms. The third kappa shape index (κ3) is 3.74. The van der Waals surface area contributed by atoms with E-state index in [4.69, 9.17) is 14.5 Å². The van der Waals surface area contributed by atoms with Crippen LogP contribution in [0.25, 0.3) is 0 Å². The van der Waals surface area contributed by atoms with Crippen molar-refractivity contribution >= 4 is 16.5 Å². The van der Waals surface area contributed by atoms with Crippen LogP contribution >= 0.6 is 11.3 Å². The second-order valence-corrected chi connectivity index (χ2v) is 6.85. The molecule has 2 fully saturated rings. The molecule has 1 aliphatic carbocycles. The van der Waals surface area contributed by atoms with Crippen LogP contribution in [0.5, 0.6) is 0 Å². The number of methoxy groups -OCH3 is 1. The average Bonchev–Trinajstić information content (AvgIpc) is 3.26. The molecule has 6 heteroatoms. The number of rotatable bonds is 7. The van der Waals surface area contributed by atoms with Crippen molar-refractivity contribution in [1.29, 1.82) is 0 Å². The minimum Gasteiger partial charge on any atom is -0.378 e. The molecule has 1 unspecified atom stereocenters. The molecule has 0 radical (unpaired) electrons. The molecule has 0 bridgehead atoms. The standard InChI is InChI=1S/C15H25N3O2S/c1-3-12-9-20-7-6-18(12)15-17-13(10-19-2)14(21-15)8-16-11-4-5-11/h11-12,16H,3-10H2,1-2H3. The van der Waals surface area contributed by atoms with Crippen molar-refractivity contribution in [3.05, 3.63) is 10.6 Å². The van der Waals surface area contributed by atoms with Gasteiger partial charge in [0.25, 0.3) is 0 Å². The van der Waals surface area contributed by atoms with Gasteiger partial charge in [-0.3, -0.25) is 0 Å². The maximum Gasteiger partial charge on any atom is 0.186 e. The molecule has 0 amide bonds. The number of ether oxygens (including phenoxy) is 2. The van der Waals surface area contributed by atoms with Crippen LogP contribution in [0.3, 0.4) is 0 Å². The minimum absolute atomic E-state index is 0.449. The SMILES string of the molecule is CCC1COCCN1c1nc(COC)c(CNC2CC2)s1. The predicted octanol–water partition coefficient (Wildman–Crippen LogP) is 2.16. The van der Waals surface area contributed by atoms with E-state index < -0.39 is 0 Å². The van der Waals surface area contributed by atoms with Crippen molar-refractivity contribution in [2.45, 2.75) is 51.4 Å². The summed E-state index contributed by atoms with van der Waals surface area (Å²) in [7, 11) is 1.74. The molecule has 1 saturated heterocycles. The Morgan fingerprint density at radius 1 is 1.48 bits per heavy atom. The third-order valence-electron chi connectivity index (χ3n) is 4.12. The van der Waals surface area contributed by atoms with Crippen molar-refractivity contribution in [3.8, 4) is 0 Å². The zero-order chi connectivity index (χ0) is 14.7. The van der Waals surface area contributed by atoms with Crippen molar-refractivity contribution in [3.63, 3.8) is 0 Å². The van der Waals surface area contributed by atoms with E-state index in [9.17, 15) is 0 Å². The zero-order valence-electron chi connectivity index (χ0n) is 12.9. The number of nitrogens with zero attached hydrogens (tertiary/aromatic N) is 2. The molecule has 118 valence electrons. The van der Waals surface area contributed by atoms with Crippen LogP contribution in [-0.4, -0.2) is 43.9 Å². The number of hydrogen-bond donors (Lipinski definition) is 1. The van der Waals surface area contributed by atoms with E-state index in [1.54, 1.807) is 7.11 Å². The molecule has 1 N–H and O–H groups in total. The largest absolute Gasteiger partial charge is 0.378 e. The Labute approximate surface area is 130 Å². The monoisotopic (exact) mass is 311 g/mol. The van der Waals surface area contributed by atoms with E-state index >= 15 is 0 Å². The topological polar surface area (TPSA) is 46.6 Å². The van der Waals surface area contributed by atoms with E-state index in [2.05, 4.69) is 17.1 Å². The first-order valence-electron chi connectivity index (χ1n) is 7.87. The van der Waals surface area contributed by atoms with Crippen molar-refractivity contribution < 1.29 is 9.47 Å². The Bertz CT molecular complexity index is 462. The van der Waals surface area contributed by atoms with Gasteiger partial charge in [-0.2, -0.15) is 0 Å². The lowest BCUT2D eigenvalue weighted by molar-refractivity contribution is 0.0929. The van der Waals surface area contributed by atoms with Crippen LogP contribution in [0, 0.1) is 0 Å². The molecular formula is C15H25N3O2S. The van der Waals surface area contributed by atoms with Gasteiger partial charge in [0.15, 0.2) is 5.13 Å². The molecule has 1 saturated carbocycles. The summed E-state index contributed by atoms with van der Waals surface area (Å²) >= 11 is 1.81. The Morgan fingerprint density at radius 3 is 3.05 bits per heavy atom. The van der Waals surface area contributed by atoms with Crippen LogP contribution in [0.2, 0.25) is 0 Å². The maximum atomic E-state index is 5.59. The van der Waals surface area contributed by atoms with E-state index in [-0.39, 0.29) is 0 Å². The van der Waals surface area contributed by atoms with Gasteiger partial charge in [-0.1, -0.05) is 6.92 Å². The van der Waals surface area contributed by atoms with Crippen molar-refractivity contribution in [1.82, 2.24) is 10.3 Å². The van der Waals surface area contributed by atoms with Gasteiger partial charge in [0.2, 0.25) is 0 Å². The second-order valence-electron chi connectivity index (χ2n) is 5.78. The van der Waals surface area contributed by atoms with E-state index in [1.165, 1.54) is 17.7 Å². The smallest absolute Gasteiger partial charge is 0.186 e. The molecule has 2 heterocycles. The lowest BCUT2D eigenvalue weighted by Crippen LogP contribution is -2.45. The predicted molar refractivity (Wildman–Crippen MR) is 84.9 cm³/mol. The molecule has 5 nitrogen and oxygen atoms in total. The second kappa shape index (κ2) is 7.05. The highest BCUT2D eigenvalue weighted by molar-refractivity contribution is 7.15. The van der Waals surface area contributed by atoms with Gasteiger partial charge in [-0.15, -0.1) is 11.3 Å². The molecular weight excluding hydrogens is 286 g/mol. The van der Waals surface area contributed by atoms with Crippen LogP contribution < -0.4 is 10.2 Å². The Kier molecular flexibility index (Phi) is 5.11. The summed E-state index contributed by atoms with van der Waals surface area (Å²) < 4.78 is 10.9. The highest BCUT2D eigenvalue weighted by Gasteiger charge is 2.26. The van der Waals surface area contributed by atoms with E-state index in [0.29, 0.717) is 12.6 Å². The molecule has 21 heavy (non-hydrogen) atoms. The fraction of sp³-hybridized carbons (Fsp3) is 0.800. The number of anilines is 1. The van der Waals surface area contributed by atoms with Gasteiger partial charge in [-0.05, 0) is 19.3 Å². The van der Waals surface area contributed by atoms with Gasteiger partial charge in [0, 0.05) is 31.1 Å². The first-order valence-corrected chi connectivity index (χ1v) is 8.68. The highest BCUT2D eigenvalue weighted by Crippen LogP contribution is 2.31. The zero-order valence-corrected chi connectivity index (χ0v) is 13.7. The average molecular weight is 311 g/mol. The summed E-state index contributed by atoms with van der Waals surface area (Å²) in [6.07, 6.45) is 3.72. The lowest BCUT2D eigenvalue weighted by atomic mass is 10.2. The summed E-state index contributed by atoms with van der Waals surface area (Å²) in [6, 6.07) is 1.17. The normalized spacial score (nSPS) is 22.8. The molecule has 1 aromatic heterocycles. The Balaban J connectivity index is 1.75. The van der Waals surface area contributed by atoms with Crippen LogP contribution in [0.1, 0.15) is 36.8 Å². The first-order chi connectivity index (χ1) is 10.3. The summed E-state index contributed by atoms with van der Waals surface area (Å²) in [4.78, 5) is 8.57. The number of hydrogen-bond acceptors (Lipinski definition) is 6. The number of nitrogens with one attached hydrogen (secondary N) is 1. The summed E-state index contributed by atoms with van der Waals surface area (Å²) in [5.41, 5.74) is 1.09. The summed E-state index contributed by atoms with van der Waals surface area (Å²) in [5, 5.41) is 4.71. The third-order valence-corrected chi connectivity index (χ3v) is 5.26. The van der Waals surface area contributed by atoms with Crippen LogP contribution in [0.15, 0.2) is 0 Å². The molecule has 3 rings (SSSR count). The van der Waals surface area contributed by atoms with Crippen LogP contribution in [0.4, 0.5) is 5.13 Å². The molecule has 0 aromatic carbocycles. The van der Waals surface area contributed by atoms with Crippen molar-refractivity contribution in [2.24, 2.45) is 0 Å². The fourth-order valence-electron chi connectivity index (χ4n) is 2.65. The van der Waals surface area contributed by atoms with Gasteiger partial charge < -0.3 is 19.7 Å². The van der Waals surface area contributed by atoms with Crippen LogP contribution in [-0.2, 0) is 22.6 Å². The first kappa shape index (κ1) is 15.2. The number of thiazole rings is 1. The van der Waals surface area contributed by atoms with Gasteiger partial charge in [-0.25, -0.2) is 4.98 Å². The maximum absolute atomic E-state index is 5.59. The quantitative estimate of drug-likeness (QED) is 0.836. The van der Waals surface area contributed by atoms with Crippen molar-refractivity contribution in [2.75, 3.05) is 31.8 Å². The molecule has 2 aliphatic rings. The number of morpholine rings is 1. The number of aromatic nitrogens is 1. The lowest BCUT2D eigenvalue weighted by Gasteiger charge is -2.34. The Hall–Kier alpha value is -0.690. The molecule has 1 atom stereocenters. The summed E-state index contributed by atoms with van der Waals surface area (Å²) in [5.74, 6) is 0. The van der Waals surface area contributed by atoms with Gasteiger partial charge >= 0.3 is 0 Å². The van der Waals surface area contributed by atoms with Gasteiger partial charge in [0.1, 0.15) is 0 Å². The minimum atomic E-state index is 0.449. The summed E-state index contributed by atoms with van der Waals surface area (Å²) in [6.45, 7) is 6.28. The fourth-order valence-corrected chi connectivity index (χ4v) is 3.76. The highest BCUT2D eigenvalue weighted by atomic mass is 32.1. The van der Waals surface area contributed by atoms with Gasteiger partial charge in [0.05, 0.1) is 31.6 Å².